The summed E-state index contributed by atoms with van der Waals surface area (Å²) in [6.45, 7) is 7.14. The number of amides is 1. The topological polar surface area (TPSA) is 23.6 Å². The van der Waals surface area contributed by atoms with E-state index < -0.39 is 0 Å². The summed E-state index contributed by atoms with van der Waals surface area (Å²) in [5, 5.41) is 0. The smallest absolute Gasteiger partial charge is 0.226 e. The molecule has 2 heterocycles. The molecule has 1 aromatic rings. The van der Waals surface area contributed by atoms with Crippen LogP contribution in [0.25, 0.3) is 0 Å². The second-order valence-corrected chi connectivity index (χ2v) is 7.30. The van der Waals surface area contributed by atoms with E-state index in [2.05, 4.69) is 41.0 Å². The molecule has 3 heteroatoms. The standard InChI is InChI=1S/C20H30N2O/c1-17-8-6-9-18(14-17)15-21-11-7-10-19(16-21)20(23)22-12-4-2-3-5-13-22/h6,8-9,14,19H,2-5,7,10-13,15-16H2,1H3. The Bertz CT molecular complexity index is 520. The number of carbonyl (C=O) groups excluding carboxylic acids is 1. The first-order chi connectivity index (χ1) is 11.2. The lowest BCUT2D eigenvalue weighted by Crippen LogP contribution is -2.44. The van der Waals surface area contributed by atoms with Crippen LogP contribution >= 0.6 is 0 Å². The monoisotopic (exact) mass is 314 g/mol. The molecule has 2 saturated heterocycles. The van der Waals surface area contributed by atoms with E-state index in [0.717, 1.165) is 45.6 Å². The SMILES string of the molecule is Cc1cccc(CN2CCCC(C(=O)N3CCCCCC3)C2)c1. The van der Waals surface area contributed by atoms with Crippen molar-refractivity contribution < 1.29 is 4.79 Å². The molecule has 2 aliphatic rings. The lowest BCUT2D eigenvalue weighted by atomic mass is 9.95. The van der Waals surface area contributed by atoms with Gasteiger partial charge in [-0.1, -0.05) is 42.7 Å². The van der Waals surface area contributed by atoms with Gasteiger partial charge in [0.05, 0.1) is 5.92 Å². The van der Waals surface area contributed by atoms with Crippen molar-refractivity contribution in [2.24, 2.45) is 5.92 Å². The van der Waals surface area contributed by atoms with Crippen LogP contribution < -0.4 is 0 Å². The number of likely N-dealkylation sites (tertiary alicyclic amines) is 2. The highest BCUT2D eigenvalue weighted by atomic mass is 16.2. The van der Waals surface area contributed by atoms with Crippen LogP contribution in [0, 0.1) is 12.8 Å². The zero-order chi connectivity index (χ0) is 16.1. The van der Waals surface area contributed by atoms with Crippen LogP contribution in [0.15, 0.2) is 24.3 Å². The van der Waals surface area contributed by atoms with Gasteiger partial charge in [0, 0.05) is 26.2 Å². The molecule has 1 atom stereocenters. The average Bonchev–Trinajstić information content (AvgIpc) is 2.84. The van der Waals surface area contributed by atoms with Crippen LogP contribution in [0.1, 0.15) is 49.7 Å². The van der Waals surface area contributed by atoms with Crippen molar-refractivity contribution in [3.8, 4) is 0 Å². The van der Waals surface area contributed by atoms with Crippen LogP contribution in [-0.2, 0) is 11.3 Å². The minimum absolute atomic E-state index is 0.214. The third-order valence-corrected chi connectivity index (χ3v) is 5.26. The third-order valence-electron chi connectivity index (χ3n) is 5.26. The number of rotatable bonds is 3. The minimum atomic E-state index is 0.214. The predicted molar refractivity (Wildman–Crippen MR) is 94.2 cm³/mol. The maximum atomic E-state index is 12.9. The summed E-state index contributed by atoms with van der Waals surface area (Å²) in [5.41, 5.74) is 2.68. The summed E-state index contributed by atoms with van der Waals surface area (Å²) < 4.78 is 0. The highest BCUT2D eigenvalue weighted by Crippen LogP contribution is 2.22. The third kappa shape index (κ3) is 4.57. The maximum Gasteiger partial charge on any atom is 0.226 e. The van der Waals surface area contributed by atoms with E-state index in [1.54, 1.807) is 0 Å². The molecule has 126 valence electrons. The molecule has 23 heavy (non-hydrogen) atoms. The Balaban J connectivity index is 1.57. The number of piperidine rings is 1. The zero-order valence-corrected chi connectivity index (χ0v) is 14.5. The first-order valence-electron chi connectivity index (χ1n) is 9.29. The molecule has 0 saturated carbocycles. The Hall–Kier alpha value is -1.35. The summed E-state index contributed by atoms with van der Waals surface area (Å²) >= 11 is 0. The predicted octanol–water partition coefficient (Wildman–Crippen LogP) is 3.61. The summed E-state index contributed by atoms with van der Waals surface area (Å²) in [5.74, 6) is 0.632. The van der Waals surface area contributed by atoms with Gasteiger partial charge in [0.15, 0.2) is 0 Å². The molecule has 1 unspecified atom stereocenters. The number of carbonyl (C=O) groups is 1. The number of hydrogen-bond donors (Lipinski definition) is 0. The fourth-order valence-electron chi connectivity index (χ4n) is 4.02. The summed E-state index contributed by atoms with van der Waals surface area (Å²) in [7, 11) is 0. The molecule has 0 aromatic heterocycles. The van der Waals surface area contributed by atoms with E-state index in [4.69, 9.17) is 0 Å². The molecule has 0 bridgehead atoms. The van der Waals surface area contributed by atoms with Gasteiger partial charge in [-0.15, -0.1) is 0 Å². The van der Waals surface area contributed by atoms with Crippen molar-refractivity contribution in [2.75, 3.05) is 26.2 Å². The Kier molecular flexibility index (Phi) is 5.71. The molecule has 0 aliphatic carbocycles. The van der Waals surface area contributed by atoms with Gasteiger partial charge in [0.25, 0.3) is 0 Å². The second-order valence-electron chi connectivity index (χ2n) is 7.30. The van der Waals surface area contributed by atoms with Gasteiger partial charge in [-0.2, -0.15) is 0 Å². The summed E-state index contributed by atoms with van der Waals surface area (Å²) in [4.78, 5) is 17.5. The van der Waals surface area contributed by atoms with Crippen LogP contribution in [0.5, 0.6) is 0 Å². The van der Waals surface area contributed by atoms with E-state index in [0.29, 0.717) is 5.91 Å². The molecule has 1 amide bonds. The molecular weight excluding hydrogens is 284 g/mol. The van der Waals surface area contributed by atoms with Crippen molar-refractivity contribution in [1.29, 1.82) is 0 Å². The van der Waals surface area contributed by atoms with Gasteiger partial charge in [-0.25, -0.2) is 0 Å². The Morgan fingerprint density at radius 1 is 1.09 bits per heavy atom. The van der Waals surface area contributed by atoms with Gasteiger partial charge in [0.2, 0.25) is 5.91 Å². The van der Waals surface area contributed by atoms with Crippen molar-refractivity contribution in [3.63, 3.8) is 0 Å². The average molecular weight is 314 g/mol. The Labute approximate surface area is 140 Å². The molecule has 3 nitrogen and oxygen atoms in total. The van der Waals surface area contributed by atoms with Gasteiger partial charge in [-0.05, 0) is 44.7 Å². The van der Waals surface area contributed by atoms with Gasteiger partial charge >= 0.3 is 0 Å². The summed E-state index contributed by atoms with van der Waals surface area (Å²) in [6, 6.07) is 8.74. The number of aryl methyl sites for hydroxylation is 1. The van der Waals surface area contributed by atoms with E-state index >= 15 is 0 Å². The first-order valence-corrected chi connectivity index (χ1v) is 9.29. The highest BCUT2D eigenvalue weighted by molar-refractivity contribution is 5.79. The first kappa shape index (κ1) is 16.5. The molecular formula is C20H30N2O. The Morgan fingerprint density at radius 3 is 2.61 bits per heavy atom. The van der Waals surface area contributed by atoms with E-state index in [9.17, 15) is 4.79 Å². The fourth-order valence-corrected chi connectivity index (χ4v) is 4.02. The van der Waals surface area contributed by atoms with Crippen LogP contribution in [-0.4, -0.2) is 41.9 Å². The van der Waals surface area contributed by atoms with Crippen molar-refractivity contribution in [1.82, 2.24) is 9.80 Å². The fraction of sp³-hybridized carbons (Fsp3) is 0.650. The lowest BCUT2D eigenvalue weighted by Gasteiger charge is -2.34. The van der Waals surface area contributed by atoms with Gasteiger partial charge in [-0.3, -0.25) is 9.69 Å². The van der Waals surface area contributed by atoms with E-state index in [1.165, 1.54) is 36.8 Å². The van der Waals surface area contributed by atoms with Gasteiger partial charge in [0.1, 0.15) is 0 Å². The van der Waals surface area contributed by atoms with Crippen LogP contribution in [0.3, 0.4) is 0 Å². The summed E-state index contributed by atoms with van der Waals surface area (Å²) in [6.07, 6.45) is 7.16. The molecule has 0 spiro atoms. The minimum Gasteiger partial charge on any atom is -0.342 e. The largest absolute Gasteiger partial charge is 0.342 e. The number of benzene rings is 1. The molecule has 0 N–H and O–H groups in total. The zero-order valence-electron chi connectivity index (χ0n) is 14.5. The Morgan fingerprint density at radius 2 is 1.87 bits per heavy atom. The molecule has 1 aromatic carbocycles. The lowest BCUT2D eigenvalue weighted by molar-refractivity contribution is -0.137. The molecule has 3 rings (SSSR count). The van der Waals surface area contributed by atoms with Crippen molar-refractivity contribution in [3.05, 3.63) is 35.4 Å². The van der Waals surface area contributed by atoms with E-state index in [1.807, 2.05) is 0 Å². The van der Waals surface area contributed by atoms with Crippen LogP contribution in [0.2, 0.25) is 0 Å². The normalized spacial score (nSPS) is 23.5. The quantitative estimate of drug-likeness (QED) is 0.851. The van der Waals surface area contributed by atoms with Crippen molar-refractivity contribution in [2.45, 2.75) is 52.0 Å². The van der Waals surface area contributed by atoms with Crippen molar-refractivity contribution >= 4 is 5.91 Å². The maximum absolute atomic E-state index is 12.9. The van der Waals surface area contributed by atoms with E-state index in [-0.39, 0.29) is 5.92 Å². The van der Waals surface area contributed by atoms with Crippen LogP contribution in [0.4, 0.5) is 0 Å². The molecule has 2 aliphatic heterocycles. The molecule has 0 radical (unpaired) electrons. The van der Waals surface area contributed by atoms with Gasteiger partial charge < -0.3 is 4.90 Å². The number of hydrogen-bond acceptors (Lipinski definition) is 2. The number of nitrogens with zero attached hydrogens (tertiary/aromatic N) is 2. The second kappa shape index (κ2) is 7.96. The highest BCUT2D eigenvalue weighted by Gasteiger charge is 2.29. The molecule has 2 fully saturated rings.